The van der Waals surface area contributed by atoms with Crippen molar-refractivity contribution < 1.29 is 0 Å². The summed E-state index contributed by atoms with van der Waals surface area (Å²) >= 11 is 0. The Hall–Kier alpha value is -1.83. The first-order valence-electron chi connectivity index (χ1n) is 5.37. The van der Waals surface area contributed by atoms with Gasteiger partial charge in [-0.15, -0.1) is 0 Å². The van der Waals surface area contributed by atoms with Gasteiger partial charge in [-0.2, -0.15) is 0 Å². The summed E-state index contributed by atoms with van der Waals surface area (Å²) in [6, 6.07) is 10.5. The third kappa shape index (κ3) is 1.91. The molecule has 0 atom stereocenters. The van der Waals surface area contributed by atoms with Crippen molar-refractivity contribution in [1.29, 1.82) is 0 Å². The lowest BCUT2D eigenvalue weighted by molar-refractivity contribution is 1.12. The first-order valence-corrected chi connectivity index (χ1v) is 5.37. The van der Waals surface area contributed by atoms with Crippen molar-refractivity contribution in [2.24, 2.45) is 0 Å². The number of anilines is 1. The molecule has 2 aromatic rings. The smallest absolute Gasteiger partial charge is 0.0470 e. The lowest BCUT2D eigenvalue weighted by Crippen LogP contribution is -2.11. The van der Waals surface area contributed by atoms with Gasteiger partial charge >= 0.3 is 0 Å². The molecule has 0 aliphatic carbocycles. The van der Waals surface area contributed by atoms with Crippen LogP contribution < -0.4 is 4.90 Å². The Morgan fingerprint density at radius 3 is 2.31 bits per heavy atom. The van der Waals surface area contributed by atoms with E-state index >= 15 is 0 Å². The van der Waals surface area contributed by atoms with Crippen molar-refractivity contribution in [2.75, 3.05) is 19.0 Å². The summed E-state index contributed by atoms with van der Waals surface area (Å²) in [5.41, 5.74) is 5.03. The topological polar surface area (TPSA) is 16.1 Å². The van der Waals surface area contributed by atoms with Crippen LogP contribution in [0.2, 0.25) is 0 Å². The van der Waals surface area contributed by atoms with Crippen LogP contribution in [-0.4, -0.2) is 19.1 Å². The summed E-state index contributed by atoms with van der Waals surface area (Å²) in [5.74, 6) is 0. The number of aryl methyl sites for hydroxylation is 1. The molecule has 0 N–H and O–H groups in total. The zero-order chi connectivity index (χ0) is 11.5. The minimum absolute atomic E-state index is 1.21. The summed E-state index contributed by atoms with van der Waals surface area (Å²) in [6.45, 7) is 2.14. The second kappa shape index (κ2) is 4.35. The van der Waals surface area contributed by atoms with Crippen molar-refractivity contribution in [2.45, 2.75) is 6.92 Å². The van der Waals surface area contributed by atoms with Crippen LogP contribution in [0.15, 0.2) is 42.7 Å². The second-order valence-electron chi connectivity index (χ2n) is 4.10. The summed E-state index contributed by atoms with van der Waals surface area (Å²) in [4.78, 5) is 6.21. The fourth-order valence-electron chi connectivity index (χ4n) is 2.02. The minimum Gasteiger partial charge on any atom is -0.377 e. The predicted octanol–water partition coefficient (Wildman–Crippen LogP) is 3.12. The van der Waals surface area contributed by atoms with E-state index in [-0.39, 0.29) is 0 Å². The zero-order valence-electron chi connectivity index (χ0n) is 9.94. The maximum Gasteiger partial charge on any atom is 0.0470 e. The SMILES string of the molecule is Cc1cccc(-c2ccncc2)c1N(C)C. The lowest BCUT2D eigenvalue weighted by Gasteiger charge is -2.20. The van der Waals surface area contributed by atoms with Gasteiger partial charge in [0.1, 0.15) is 0 Å². The quantitative estimate of drug-likeness (QED) is 0.760. The predicted molar refractivity (Wildman–Crippen MR) is 68.7 cm³/mol. The average molecular weight is 212 g/mol. The molecule has 1 aromatic carbocycles. The summed E-state index contributed by atoms with van der Waals surface area (Å²) in [5, 5.41) is 0. The molecule has 0 bridgehead atoms. The lowest BCUT2D eigenvalue weighted by atomic mass is 10.0. The molecule has 82 valence electrons. The summed E-state index contributed by atoms with van der Waals surface area (Å²) in [7, 11) is 4.15. The van der Waals surface area contributed by atoms with Crippen molar-refractivity contribution in [3.63, 3.8) is 0 Å². The van der Waals surface area contributed by atoms with Crippen LogP contribution >= 0.6 is 0 Å². The molecule has 0 unspecified atom stereocenters. The molecule has 0 fully saturated rings. The third-order valence-corrected chi connectivity index (χ3v) is 2.68. The van der Waals surface area contributed by atoms with Gasteiger partial charge < -0.3 is 4.90 Å². The van der Waals surface area contributed by atoms with Gasteiger partial charge in [0, 0.05) is 37.7 Å². The highest BCUT2D eigenvalue weighted by molar-refractivity contribution is 5.80. The van der Waals surface area contributed by atoms with Gasteiger partial charge in [0.2, 0.25) is 0 Å². The Labute approximate surface area is 96.6 Å². The van der Waals surface area contributed by atoms with E-state index in [1.165, 1.54) is 22.4 Å². The maximum atomic E-state index is 4.05. The third-order valence-electron chi connectivity index (χ3n) is 2.68. The number of benzene rings is 1. The van der Waals surface area contributed by atoms with E-state index in [4.69, 9.17) is 0 Å². The molecule has 2 rings (SSSR count). The number of pyridine rings is 1. The zero-order valence-corrected chi connectivity index (χ0v) is 9.94. The summed E-state index contributed by atoms with van der Waals surface area (Å²) < 4.78 is 0. The highest BCUT2D eigenvalue weighted by Crippen LogP contribution is 2.31. The molecule has 1 aromatic heterocycles. The van der Waals surface area contributed by atoms with E-state index in [9.17, 15) is 0 Å². The number of hydrogen-bond acceptors (Lipinski definition) is 2. The molecule has 0 spiro atoms. The van der Waals surface area contributed by atoms with E-state index in [0.717, 1.165) is 0 Å². The standard InChI is InChI=1S/C14H16N2/c1-11-5-4-6-13(14(11)16(2)3)12-7-9-15-10-8-12/h4-10H,1-3H3. The van der Waals surface area contributed by atoms with Crippen molar-refractivity contribution >= 4 is 5.69 Å². The molecule has 0 saturated carbocycles. The first kappa shape index (κ1) is 10.7. The Bertz CT molecular complexity index is 475. The van der Waals surface area contributed by atoms with E-state index < -0.39 is 0 Å². The van der Waals surface area contributed by atoms with E-state index in [2.05, 4.69) is 49.1 Å². The molecule has 1 heterocycles. The highest BCUT2D eigenvalue weighted by Gasteiger charge is 2.08. The first-order chi connectivity index (χ1) is 7.70. The molecule has 0 aliphatic heterocycles. The van der Waals surface area contributed by atoms with Gasteiger partial charge in [-0.1, -0.05) is 18.2 Å². The fraction of sp³-hybridized carbons (Fsp3) is 0.214. The normalized spacial score (nSPS) is 10.2. The minimum atomic E-state index is 1.21. The molecule has 2 heteroatoms. The molecule has 0 radical (unpaired) electrons. The number of nitrogens with zero attached hydrogens (tertiary/aromatic N) is 2. The molecule has 0 aliphatic rings. The Kier molecular flexibility index (Phi) is 2.91. The van der Waals surface area contributed by atoms with Crippen LogP contribution in [0.3, 0.4) is 0 Å². The molecule has 2 nitrogen and oxygen atoms in total. The molecule has 16 heavy (non-hydrogen) atoms. The Balaban J connectivity index is 2.61. The van der Waals surface area contributed by atoms with Gasteiger partial charge in [-0.3, -0.25) is 4.98 Å². The number of hydrogen-bond donors (Lipinski definition) is 0. The monoisotopic (exact) mass is 212 g/mol. The van der Waals surface area contributed by atoms with Crippen LogP contribution in [0, 0.1) is 6.92 Å². The average Bonchev–Trinajstić information content (AvgIpc) is 2.29. The number of aromatic nitrogens is 1. The molecular formula is C14H16N2. The van der Waals surface area contributed by atoms with Gasteiger partial charge in [0.25, 0.3) is 0 Å². The van der Waals surface area contributed by atoms with Crippen LogP contribution in [0.4, 0.5) is 5.69 Å². The largest absolute Gasteiger partial charge is 0.377 e. The second-order valence-corrected chi connectivity index (χ2v) is 4.10. The van der Waals surface area contributed by atoms with Crippen LogP contribution in [0.1, 0.15) is 5.56 Å². The van der Waals surface area contributed by atoms with Crippen molar-refractivity contribution in [1.82, 2.24) is 4.98 Å². The van der Waals surface area contributed by atoms with Crippen LogP contribution in [-0.2, 0) is 0 Å². The molecular weight excluding hydrogens is 196 g/mol. The molecule has 0 amide bonds. The van der Waals surface area contributed by atoms with Gasteiger partial charge in [0.15, 0.2) is 0 Å². The van der Waals surface area contributed by atoms with E-state index in [1.807, 2.05) is 24.5 Å². The van der Waals surface area contributed by atoms with Gasteiger partial charge in [-0.05, 0) is 30.2 Å². The maximum absolute atomic E-state index is 4.05. The Morgan fingerprint density at radius 1 is 1.00 bits per heavy atom. The number of para-hydroxylation sites is 1. The van der Waals surface area contributed by atoms with Crippen LogP contribution in [0.25, 0.3) is 11.1 Å². The van der Waals surface area contributed by atoms with Gasteiger partial charge in [0.05, 0.1) is 0 Å². The van der Waals surface area contributed by atoms with Crippen LogP contribution in [0.5, 0.6) is 0 Å². The van der Waals surface area contributed by atoms with Crippen molar-refractivity contribution in [3.05, 3.63) is 48.3 Å². The number of rotatable bonds is 2. The fourth-order valence-corrected chi connectivity index (χ4v) is 2.02. The van der Waals surface area contributed by atoms with Crippen molar-refractivity contribution in [3.8, 4) is 11.1 Å². The van der Waals surface area contributed by atoms with E-state index in [0.29, 0.717) is 0 Å². The summed E-state index contributed by atoms with van der Waals surface area (Å²) in [6.07, 6.45) is 3.66. The molecule has 0 saturated heterocycles. The van der Waals surface area contributed by atoms with E-state index in [1.54, 1.807) is 0 Å². The highest BCUT2D eigenvalue weighted by atomic mass is 15.1. The Morgan fingerprint density at radius 2 is 1.69 bits per heavy atom. The van der Waals surface area contributed by atoms with Gasteiger partial charge in [-0.25, -0.2) is 0 Å².